The Labute approximate surface area is 54.4 Å². The van der Waals surface area contributed by atoms with E-state index < -0.39 is 6.17 Å². The summed E-state index contributed by atoms with van der Waals surface area (Å²) in [5.74, 6) is -0.312. The van der Waals surface area contributed by atoms with Gasteiger partial charge in [0.25, 0.3) is 5.91 Å². The Morgan fingerprint density at radius 3 is 2.78 bits per heavy atom. The molecule has 0 aromatic carbocycles. The third-order valence-corrected chi connectivity index (χ3v) is 0.615. The van der Waals surface area contributed by atoms with Gasteiger partial charge in [0.2, 0.25) is 0 Å². The number of carbonyl (C=O) groups excluding carboxylic acids is 1. The van der Waals surface area contributed by atoms with Crippen molar-refractivity contribution < 1.29 is 9.53 Å². The second kappa shape index (κ2) is 4.29. The van der Waals surface area contributed by atoms with E-state index in [1.165, 1.54) is 7.11 Å². The molecular weight excluding hydrogens is 120 g/mol. The summed E-state index contributed by atoms with van der Waals surface area (Å²) in [4.78, 5) is 10.5. The first-order chi connectivity index (χ1) is 4.16. The molecule has 0 aliphatic carbocycles. The molecule has 0 saturated heterocycles. The van der Waals surface area contributed by atoms with Gasteiger partial charge in [-0.1, -0.05) is 0 Å². The highest BCUT2D eigenvalue weighted by Gasteiger charge is 2.02. The molecule has 0 aromatic rings. The van der Waals surface area contributed by atoms with Crippen LogP contribution in [0.5, 0.6) is 0 Å². The minimum absolute atomic E-state index is 0.0154. The molecule has 0 bridgehead atoms. The minimum Gasteiger partial charge on any atom is -0.375 e. The summed E-state index contributed by atoms with van der Waals surface area (Å²) in [7, 11) is 1.44. The van der Waals surface area contributed by atoms with E-state index in [1.807, 2.05) is 0 Å². The highest BCUT2D eigenvalue weighted by molar-refractivity contribution is 5.77. The van der Waals surface area contributed by atoms with E-state index in [0.717, 1.165) is 0 Å². The van der Waals surface area contributed by atoms with E-state index in [-0.39, 0.29) is 12.5 Å². The molecular formula is C5H11N2O2. The summed E-state index contributed by atoms with van der Waals surface area (Å²) < 4.78 is 4.51. The Bertz CT molecular complexity index is 93.0. The Morgan fingerprint density at radius 1 is 1.89 bits per heavy atom. The molecule has 4 heteroatoms. The van der Waals surface area contributed by atoms with E-state index in [4.69, 9.17) is 5.73 Å². The van der Waals surface area contributed by atoms with Crippen molar-refractivity contribution in [3.05, 3.63) is 0 Å². The molecule has 53 valence electrons. The molecule has 0 aliphatic heterocycles. The molecule has 0 aliphatic rings. The molecule has 0 rings (SSSR count). The highest BCUT2D eigenvalue weighted by atomic mass is 16.5. The van der Waals surface area contributed by atoms with Gasteiger partial charge < -0.3 is 10.5 Å². The van der Waals surface area contributed by atoms with E-state index in [0.29, 0.717) is 0 Å². The van der Waals surface area contributed by atoms with Crippen molar-refractivity contribution in [3.63, 3.8) is 0 Å². The fraction of sp³-hybridized carbons (Fsp3) is 0.800. The number of nitrogens with two attached hydrogens (primary N) is 1. The van der Waals surface area contributed by atoms with Gasteiger partial charge in [-0.3, -0.25) is 4.79 Å². The lowest BCUT2D eigenvalue weighted by molar-refractivity contribution is -0.125. The minimum atomic E-state index is -0.423. The third-order valence-electron chi connectivity index (χ3n) is 0.615. The van der Waals surface area contributed by atoms with Gasteiger partial charge in [-0.2, -0.15) is 0 Å². The number of ether oxygens (including phenoxy) is 1. The maximum absolute atomic E-state index is 10.5. The second-order valence-electron chi connectivity index (χ2n) is 1.70. The SMILES string of the molecule is COCC(=O)[N]C(C)N. The van der Waals surface area contributed by atoms with Crippen LogP contribution in [0.2, 0.25) is 0 Å². The predicted molar refractivity (Wildman–Crippen MR) is 32.7 cm³/mol. The van der Waals surface area contributed by atoms with Crippen LogP contribution in [0.25, 0.3) is 0 Å². The maximum atomic E-state index is 10.5. The number of nitrogens with zero attached hydrogens (tertiary/aromatic N) is 1. The van der Waals surface area contributed by atoms with Crippen LogP contribution >= 0.6 is 0 Å². The van der Waals surface area contributed by atoms with E-state index >= 15 is 0 Å². The van der Waals surface area contributed by atoms with Crippen LogP contribution in [0.4, 0.5) is 0 Å². The molecule has 1 radical (unpaired) electrons. The number of rotatable bonds is 3. The van der Waals surface area contributed by atoms with E-state index in [9.17, 15) is 4.79 Å². The lowest BCUT2D eigenvalue weighted by Gasteiger charge is -2.02. The van der Waals surface area contributed by atoms with Gasteiger partial charge in [0.15, 0.2) is 0 Å². The topological polar surface area (TPSA) is 66.4 Å². The third kappa shape index (κ3) is 5.26. The van der Waals surface area contributed by atoms with Crippen LogP contribution < -0.4 is 11.1 Å². The lowest BCUT2D eigenvalue weighted by atomic mass is 10.5. The van der Waals surface area contributed by atoms with Crippen LogP contribution in [0, 0.1) is 0 Å². The lowest BCUT2D eigenvalue weighted by Crippen LogP contribution is -2.34. The van der Waals surface area contributed by atoms with Crippen molar-refractivity contribution in [3.8, 4) is 0 Å². The molecule has 1 atom stereocenters. The zero-order chi connectivity index (χ0) is 7.28. The first-order valence-electron chi connectivity index (χ1n) is 2.65. The van der Waals surface area contributed by atoms with Crippen molar-refractivity contribution >= 4 is 5.91 Å². The maximum Gasteiger partial charge on any atom is 0.268 e. The monoisotopic (exact) mass is 131 g/mol. The fourth-order valence-electron chi connectivity index (χ4n) is 0.388. The summed E-state index contributed by atoms with van der Waals surface area (Å²) in [5.41, 5.74) is 5.18. The number of amides is 1. The molecule has 0 saturated carbocycles. The van der Waals surface area contributed by atoms with Gasteiger partial charge in [-0.15, -0.1) is 0 Å². The standard InChI is InChI=1S/C5H11N2O2/c1-4(6)7-5(8)3-9-2/h4H,3,6H2,1-2H3. The Balaban J connectivity index is 3.27. The predicted octanol–water partition coefficient (Wildman–Crippen LogP) is -0.931. The average Bonchev–Trinajstić information content (AvgIpc) is 1.63. The van der Waals surface area contributed by atoms with Crippen LogP contribution in [0.15, 0.2) is 0 Å². The first-order valence-corrected chi connectivity index (χ1v) is 2.65. The van der Waals surface area contributed by atoms with Gasteiger partial charge in [0.05, 0.1) is 6.17 Å². The summed E-state index contributed by atoms with van der Waals surface area (Å²) in [6.07, 6.45) is -0.423. The highest BCUT2D eigenvalue weighted by Crippen LogP contribution is 1.73. The molecule has 1 unspecified atom stereocenters. The zero-order valence-electron chi connectivity index (χ0n) is 5.63. The number of hydrogen-bond acceptors (Lipinski definition) is 3. The van der Waals surface area contributed by atoms with Crippen molar-refractivity contribution in [2.24, 2.45) is 5.73 Å². The Hall–Kier alpha value is -0.610. The summed E-state index contributed by atoms with van der Waals surface area (Å²) in [6.45, 7) is 1.65. The van der Waals surface area contributed by atoms with Crippen LogP contribution in [0.1, 0.15) is 6.92 Å². The van der Waals surface area contributed by atoms with Gasteiger partial charge in [-0.25, -0.2) is 5.32 Å². The number of methoxy groups -OCH3 is 1. The zero-order valence-corrected chi connectivity index (χ0v) is 5.63. The van der Waals surface area contributed by atoms with E-state index in [2.05, 4.69) is 10.1 Å². The van der Waals surface area contributed by atoms with Crippen LogP contribution in [0.3, 0.4) is 0 Å². The molecule has 4 nitrogen and oxygen atoms in total. The summed E-state index contributed by atoms with van der Waals surface area (Å²) in [6, 6.07) is 0. The van der Waals surface area contributed by atoms with Crippen molar-refractivity contribution in [1.82, 2.24) is 5.32 Å². The first kappa shape index (κ1) is 8.39. The van der Waals surface area contributed by atoms with E-state index in [1.54, 1.807) is 6.92 Å². The van der Waals surface area contributed by atoms with Crippen molar-refractivity contribution in [2.75, 3.05) is 13.7 Å². The van der Waals surface area contributed by atoms with Crippen molar-refractivity contribution in [1.29, 1.82) is 0 Å². The van der Waals surface area contributed by atoms with Gasteiger partial charge in [0, 0.05) is 7.11 Å². The van der Waals surface area contributed by atoms with Gasteiger partial charge in [0.1, 0.15) is 6.61 Å². The second-order valence-corrected chi connectivity index (χ2v) is 1.70. The molecule has 2 N–H and O–H groups in total. The quantitative estimate of drug-likeness (QED) is 0.538. The Kier molecular flexibility index (Phi) is 4.00. The average molecular weight is 131 g/mol. The molecule has 9 heavy (non-hydrogen) atoms. The van der Waals surface area contributed by atoms with Crippen LogP contribution in [-0.4, -0.2) is 25.8 Å². The number of carbonyl (C=O) groups is 1. The summed E-state index contributed by atoms with van der Waals surface area (Å²) >= 11 is 0. The molecule has 0 spiro atoms. The largest absolute Gasteiger partial charge is 0.375 e. The molecule has 0 fully saturated rings. The van der Waals surface area contributed by atoms with Gasteiger partial charge >= 0.3 is 0 Å². The smallest absolute Gasteiger partial charge is 0.268 e. The molecule has 0 aromatic heterocycles. The Morgan fingerprint density at radius 2 is 2.44 bits per heavy atom. The summed E-state index contributed by atoms with van der Waals surface area (Å²) in [5, 5.41) is 3.48. The van der Waals surface area contributed by atoms with Crippen LogP contribution in [-0.2, 0) is 9.53 Å². The molecule has 1 amide bonds. The van der Waals surface area contributed by atoms with Crippen molar-refractivity contribution in [2.45, 2.75) is 13.1 Å². The normalized spacial score (nSPS) is 12.8. The molecule has 0 heterocycles. The van der Waals surface area contributed by atoms with Gasteiger partial charge in [-0.05, 0) is 6.92 Å². The fourth-order valence-corrected chi connectivity index (χ4v) is 0.388. The number of hydrogen-bond donors (Lipinski definition) is 1.